The van der Waals surface area contributed by atoms with E-state index < -0.39 is 0 Å². The monoisotopic (exact) mass is 131 g/mol. The lowest BCUT2D eigenvalue weighted by molar-refractivity contribution is 1.03. The van der Waals surface area contributed by atoms with Gasteiger partial charge in [-0.25, -0.2) is 0 Å². The maximum Gasteiger partial charge on any atom is 0.130 e. The van der Waals surface area contributed by atoms with Crippen molar-refractivity contribution in [1.82, 2.24) is 0 Å². The van der Waals surface area contributed by atoms with Crippen molar-refractivity contribution in [3.8, 4) is 0 Å². The molecule has 0 heteroatoms. The minimum atomic E-state index is 0.891. The summed E-state index contributed by atoms with van der Waals surface area (Å²) < 4.78 is 0. The van der Waals surface area contributed by atoms with Crippen LogP contribution in [0.4, 0.5) is 0 Å². The lowest BCUT2D eigenvalue weighted by Gasteiger charge is -1.86. The van der Waals surface area contributed by atoms with Gasteiger partial charge in [0.2, 0.25) is 0 Å². The zero-order valence-corrected chi connectivity index (χ0v) is 5.96. The second-order valence-corrected chi connectivity index (χ2v) is 2.91. The van der Waals surface area contributed by atoms with Gasteiger partial charge < -0.3 is 0 Å². The molecule has 0 bridgehead atoms. The van der Waals surface area contributed by atoms with E-state index in [1.807, 2.05) is 0 Å². The van der Waals surface area contributed by atoms with Gasteiger partial charge in [0.25, 0.3) is 0 Å². The van der Waals surface area contributed by atoms with Crippen molar-refractivity contribution in [3.63, 3.8) is 0 Å². The third kappa shape index (κ3) is 1.32. The van der Waals surface area contributed by atoms with Gasteiger partial charge in [-0.2, -0.15) is 0 Å². The summed E-state index contributed by atoms with van der Waals surface area (Å²) in [5, 5.41) is 0. The average molecular weight is 131 g/mol. The highest BCUT2D eigenvalue weighted by Crippen LogP contribution is 2.33. The molecule has 0 amide bonds. The van der Waals surface area contributed by atoms with Gasteiger partial charge in [-0.3, -0.25) is 0 Å². The minimum absolute atomic E-state index is 0.891. The molecule has 0 atom stereocenters. The molecule has 2 rings (SSSR count). The number of rotatable bonds is 2. The highest BCUT2D eigenvalue weighted by Gasteiger charge is 2.25. The van der Waals surface area contributed by atoms with Gasteiger partial charge in [0.15, 0.2) is 0 Å². The molecule has 50 valence electrons. The summed E-state index contributed by atoms with van der Waals surface area (Å²) in [6.07, 6.45) is 5.16. The zero-order valence-electron chi connectivity index (χ0n) is 5.96. The topological polar surface area (TPSA) is 0 Å². The Balaban J connectivity index is 2.03. The van der Waals surface area contributed by atoms with E-state index in [9.17, 15) is 0 Å². The minimum Gasteiger partial charge on any atom is -0.0356 e. The Morgan fingerprint density at radius 1 is 1.10 bits per heavy atom. The van der Waals surface area contributed by atoms with E-state index in [2.05, 4.69) is 36.8 Å². The molecule has 0 N–H and O–H groups in total. The molecule has 1 saturated carbocycles. The fourth-order valence-electron chi connectivity index (χ4n) is 1.10. The molecule has 1 aliphatic rings. The highest BCUT2D eigenvalue weighted by molar-refractivity contribution is 5.24. The van der Waals surface area contributed by atoms with Crippen molar-refractivity contribution < 1.29 is 0 Å². The first kappa shape index (κ1) is 5.84. The standard InChI is InChI=1S/C10H11/c1-2-4-9(5-3-1)8-10-6-7-10/h1-5,8,10H,6-7H2/q+1. The summed E-state index contributed by atoms with van der Waals surface area (Å²) in [5.41, 5.74) is 1.38. The van der Waals surface area contributed by atoms with Crippen LogP contribution >= 0.6 is 0 Å². The van der Waals surface area contributed by atoms with Crippen LogP contribution < -0.4 is 0 Å². The third-order valence-electron chi connectivity index (χ3n) is 1.85. The Bertz CT molecular complexity index is 197. The van der Waals surface area contributed by atoms with E-state index >= 15 is 0 Å². The van der Waals surface area contributed by atoms with Crippen LogP contribution in [0.1, 0.15) is 18.4 Å². The molecule has 1 aliphatic carbocycles. The van der Waals surface area contributed by atoms with Crippen molar-refractivity contribution in [3.05, 3.63) is 42.3 Å². The number of hydrogen-bond acceptors (Lipinski definition) is 0. The molecule has 1 fully saturated rings. The van der Waals surface area contributed by atoms with Gasteiger partial charge >= 0.3 is 0 Å². The first-order valence-corrected chi connectivity index (χ1v) is 3.85. The van der Waals surface area contributed by atoms with Crippen molar-refractivity contribution in [2.24, 2.45) is 5.92 Å². The second-order valence-electron chi connectivity index (χ2n) is 2.91. The van der Waals surface area contributed by atoms with Crippen molar-refractivity contribution in [2.75, 3.05) is 0 Å². The molecule has 0 aliphatic heterocycles. The molecule has 0 spiro atoms. The molecule has 0 nitrogen and oxygen atoms in total. The summed E-state index contributed by atoms with van der Waals surface area (Å²) >= 11 is 0. The maximum absolute atomic E-state index is 2.36. The van der Waals surface area contributed by atoms with E-state index in [0.29, 0.717) is 0 Å². The normalized spacial score (nSPS) is 16.8. The van der Waals surface area contributed by atoms with E-state index in [4.69, 9.17) is 0 Å². The summed E-state index contributed by atoms with van der Waals surface area (Å²) in [6, 6.07) is 10.6. The molecule has 0 radical (unpaired) electrons. The molecular weight excluding hydrogens is 120 g/mol. The van der Waals surface area contributed by atoms with Gasteiger partial charge in [-0.05, 0) is 31.0 Å². The molecule has 1 aromatic carbocycles. The largest absolute Gasteiger partial charge is 0.130 e. The highest BCUT2D eigenvalue weighted by atomic mass is 14.3. The maximum atomic E-state index is 2.36. The molecule has 10 heavy (non-hydrogen) atoms. The van der Waals surface area contributed by atoms with Gasteiger partial charge in [0.05, 0.1) is 0 Å². The van der Waals surface area contributed by atoms with E-state index in [1.165, 1.54) is 18.4 Å². The fourth-order valence-corrected chi connectivity index (χ4v) is 1.10. The van der Waals surface area contributed by atoms with Crippen LogP contribution in [0.2, 0.25) is 0 Å². The Morgan fingerprint density at radius 2 is 1.80 bits per heavy atom. The lowest BCUT2D eigenvalue weighted by atomic mass is 10.1. The third-order valence-corrected chi connectivity index (χ3v) is 1.85. The summed E-state index contributed by atoms with van der Waals surface area (Å²) in [4.78, 5) is 0. The van der Waals surface area contributed by atoms with Gasteiger partial charge in [-0.15, -0.1) is 0 Å². The molecule has 1 aromatic rings. The van der Waals surface area contributed by atoms with E-state index in [1.54, 1.807) is 0 Å². The first-order valence-electron chi connectivity index (χ1n) is 3.85. The smallest absolute Gasteiger partial charge is 0.0356 e. The lowest BCUT2D eigenvalue weighted by Crippen LogP contribution is -1.80. The zero-order chi connectivity index (χ0) is 6.81. The molecule has 0 heterocycles. The van der Waals surface area contributed by atoms with E-state index in [-0.39, 0.29) is 0 Å². The Kier molecular flexibility index (Phi) is 1.39. The van der Waals surface area contributed by atoms with Gasteiger partial charge in [-0.1, -0.05) is 0 Å². The fraction of sp³-hybridized carbons (Fsp3) is 0.300. The van der Waals surface area contributed by atoms with Crippen molar-refractivity contribution >= 4 is 0 Å². The SMILES string of the molecule is c1ccc([CH+]C2CC2)cc1. The molecule has 0 saturated heterocycles. The summed E-state index contributed by atoms with van der Waals surface area (Å²) in [5.74, 6) is 0.891. The predicted octanol–water partition coefficient (Wildman–Crippen LogP) is 2.65. The van der Waals surface area contributed by atoms with Crippen LogP contribution in [0, 0.1) is 12.3 Å². The average Bonchev–Trinajstić information content (AvgIpc) is 2.74. The quantitative estimate of drug-likeness (QED) is 0.541. The summed E-state index contributed by atoms with van der Waals surface area (Å²) in [7, 11) is 0. The van der Waals surface area contributed by atoms with Gasteiger partial charge in [0.1, 0.15) is 5.56 Å². The Morgan fingerprint density at radius 3 is 2.40 bits per heavy atom. The van der Waals surface area contributed by atoms with Crippen LogP contribution in [0.15, 0.2) is 30.3 Å². The van der Waals surface area contributed by atoms with Crippen LogP contribution in [0.25, 0.3) is 0 Å². The second kappa shape index (κ2) is 2.37. The van der Waals surface area contributed by atoms with Crippen LogP contribution in [0.3, 0.4) is 0 Å². The summed E-state index contributed by atoms with van der Waals surface area (Å²) in [6.45, 7) is 0. The predicted molar refractivity (Wildman–Crippen MR) is 42.6 cm³/mol. The first-order chi connectivity index (χ1) is 4.95. The number of benzene rings is 1. The number of hydrogen-bond donors (Lipinski definition) is 0. The van der Waals surface area contributed by atoms with Crippen molar-refractivity contribution in [1.29, 1.82) is 0 Å². The van der Waals surface area contributed by atoms with Crippen LogP contribution in [0.5, 0.6) is 0 Å². The van der Waals surface area contributed by atoms with Crippen LogP contribution in [-0.4, -0.2) is 0 Å². The molecule has 0 unspecified atom stereocenters. The molecule has 0 aromatic heterocycles. The Hall–Kier alpha value is -0.910. The van der Waals surface area contributed by atoms with Gasteiger partial charge in [0, 0.05) is 24.5 Å². The van der Waals surface area contributed by atoms with Crippen molar-refractivity contribution in [2.45, 2.75) is 12.8 Å². The van der Waals surface area contributed by atoms with E-state index in [0.717, 1.165) is 5.92 Å². The Labute approximate surface area is 61.9 Å². The van der Waals surface area contributed by atoms with Crippen LogP contribution in [-0.2, 0) is 0 Å². The molecular formula is C10H11+.